The van der Waals surface area contributed by atoms with E-state index < -0.39 is 5.60 Å². The molecule has 0 spiro atoms. The Hall–Kier alpha value is -2.14. The van der Waals surface area contributed by atoms with Crippen molar-refractivity contribution in [2.45, 2.75) is 89.6 Å². The summed E-state index contributed by atoms with van der Waals surface area (Å²) in [5.41, 5.74) is 5.29. The van der Waals surface area contributed by atoms with Crippen LogP contribution in [0.2, 0.25) is 0 Å². The van der Waals surface area contributed by atoms with E-state index in [1.54, 1.807) is 0 Å². The first-order valence-electron chi connectivity index (χ1n) is 12.3. The number of imidazole rings is 1. The quantitative estimate of drug-likeness (QED) is 0.510. The lowest BCUT2D eigenvalue weighted by Crippen LogP contribution is -2.41. The van der Waals surface area contributed by atoms with Gasteiger partial charge in [-0.1, -0.05) is 30.8 Å². The van der Waals surface area contributed by atoms with Gasteiger partial charge in [0.25, 0.3) is 0 Å². The third-order valence-corrected chi connectivity index (χ3v) is 8.28. The number of aromatic amines is 1. The van der Waals surface area contributed by atoms with Crippen LogP contribution in [0, 0.1) is 25.7 Å². The summed E-state index contributed by atoms with van der Waals surface area (Å²) in [5.74, 6) is 3.11. The Bertz CT molecular complexity index is 1080. The highest BCUT2D eigenvalue weighted by Gasteiger charge is 2.48. The van der Waals surface area contributed by atoms with Crippen molar-refractivity contribution in [2.24, 2.45) is 11.8 Å². The molecule has 3 aliphatic carbocycles. The van der Waals surface area contributed by atoms with Crippen LogP contribution < -0.4 is 0 Å². The Balaban J connectivity index is 1.60. The Morgan fingerprint density at radius 3 is 2.16 bits per heavy atom. The molecule has 6 rings (SSSR count). The second-order valence-corrected chi connectivity index (χ2v) is 10.3. The molecule has 0 radical (unpaired) electrons. The number of hydrogen-bond donors (Lipinski definition) is 2. The van der Waals surface area contributed by atoms with Crippen LogP contribution in [0.3, 0.4) is 0 Å². The summed E-state index contributed by atoms with van der Waals surface area (Å²) < 4.78 is 5.50. The van der Waals surface area contributed by atoms with Gasteiger partial charge >= 0.3 is 0 Å². The van der Waals surface area contributed by atoms with Gasteiger partial charge in [0.2, 0.25) is 0 Å². The molecule has 31 heavy (non-hydrogen) atoms. The minimum atomic E-state index is -0.809. The maximum atomic E-state index is 12.6. The molecule has 0 aliphatic heterocycles. The molecule has 0 atom stereocenters. The van der Waals surface area contributed by atoms with Crippen LogP contribution in [0.15, 0.2) is 16.7 Å². The fourth-order valence-electron chi connectivity index (χ4n) is 6.54. The molecule has 3 aliphatic rings. The van der Waals surface area contributed by atoms with Gasteiger partial charge in [-0.2, -0.15) is 0 Å². The molecule has 5 heteroatoms. The lowest BCUT2D eigenvalue weighted by atomic mass is 9.70. The molecular weight excluding hydrogens is 386 g/mol. The van der Waals surface area contributed by atoms with E-state index in [1.807, 2.05) is 13.8 Å². The van der Waals surface area contributed by atoms with Gasteiger partial charge in [0.15, 0.2) is 0 Å². The summed E-state index contributed by atoms with van der Waals surface area (Å²) in [6.45, 7) is 3.97. The normalized spacial score (nSPS) is 21.0. The van der Waals surface area contributed by atoms with Crippen LogP contribution in [0.1, 0.15) is 93.0 Å². The fraction of sp³-hybridized carbons (Fsp3) is 0.615. The first kappa shape index (κ1) is 19.5. The van der Waals surface area contributed by atoms with Crippen LogP contribution in [-0.2, 0) is 5.60 Å². The summed E-state index contributed by atoms with van der Waals surface area (Å²) in [6.07, 6.45) is 11.8. The van der Waals surface area contributed by atoms with Gasteiger partial charge < -0.3 is 14.6 Å². The molecule has 0 bridgehead atoms. The van der Waals surface area contributed by atoms with Crippen LogP contribution in [-0.4, -0.2) is 20.2 Å². The molecular formula is C26H33N3O2. The van der Waals surface area contributed by atoms with Crippen LogP contribution in [0.25, 0.3) is 22.2 Å². The van der Waals surface area contributed by atoms with E-state index in [1.165, 1.54) is 38.5 Å². The van der Waals surface area contributed by atoms with Gasteiger partial charge in [0.05, 0.1) is 22.3 Å². The molecule has 3 aromatic rings. The third kappa shape index (κ3) is 3.07. The number of aromatic nitrogens is 3. The van der Waals surface area contributed by atoms with Gasteiger partial charge in [-0.3, -0.25) is 0 Å². The maximum absolute atomic E-state index is 12.6. The number of fused-ring (bicyclic) bond motifs is 1. The second kappa shape index (κ2) is 7.19. The SMILES string of the molecule is Cc1noc(C)c1-c1cc(C(O)(C2CCCC2)C2CCCC2)c2nc(C3CC3)[nH]c2c1. The highest BCUT2D eigenvalue weighted by molar-refractivity contribution is 5.87. The Kier molecular flexibility index (Phi) is 4.53. The zero-order chi connectivity index (χ0) is 21.2. The zero-order valence-electron chi connectivity index (χ0n) is 18.7. The lowest BCUT2D eigenvalue weighted by molar-refractivity contribution is -0.0722. The van der Waals surface area contributed by atoms with E-state index in [9.17, 15) is 5.11 Å². The minimum absolute atomic E-state index is 0.319. The monoisotopic (exact) mass is 419 g/mol. The van der Waals surface area contributed by atoms with E-state index >= 15 is 0 Å². The van der Waals surface area contributed by atoms with E-state index in [0.717, 1.165) is 70.7 Å². The number of nitrogens with one attached hydrogen (secondary N) is 1. The van der Waals surface area contributed by atoms with Gasteiger partial charge in [0, 0.05) is 17.0 Å². The molecule has 5 nitrogen and oxygen atoms in total. The van der Waals surface area contributed by atoms with E-state index in [0.29, 0.717) is 17.8 Å². The molecule has 2 aromatic heterocycles. The van der Waals surface area contributed by atoms with E-state index in [-0.39, 0.29) is 0 Å². The Labute approximate surface area is 183 Å². The highest BCUT2D eigenvalue weighted by Crippen LogP contribution is 2.52. The van der Waals surface area contributed by atoms with Gasteiger partial charge in [-0.05, 0) is 81.9 Å². The van der Waals surface area contributed by atoms with Crippen molar-refractivity contribution in [1.29, 1.82) is 0 Å². The van der Waals surface area contributed by atoms with Crippen LogP contribution in [0.4, 0.5) is 0 Å². The van der Waals surface area contributed by atoms with Crippen molar-refractivity contribution >= 4 is 11.0 Å². The predicted molar refractivity (Wildman–Crippen MR) is 121 cm³/mol. The molecule has 164 valence electrons. The molecule has 2 heterocycles. The molecule has 2 N–H and O–H groups in total. The first-order chi connectivity index (χ1) is 15.1. The number of H-pyrrole nitrogens is 1. The number of nitrogens with zero attached hydrogens (tertiary/aromatic N) is 2. The standard InChI is InChI=1S/C26H33N3O2/c1-15-23(16(2)31-29-15)18-13-21(24-22(14-18)27-25(28-24)17-11-12-17)26(30,19-7-3-4-8-19)20-9-5-6-10-20/h13-14,17,19-20,30H,3-12H2,1-2H3,(H,27,28). The molecule has 3 saturated carbocycles. The Morgan fingerprint density at radius 1 is 0.968 bits per heavy atom. The average Bonchev–Trinajstić information content (AvgIpc) is 3.24. The summed E-state index contributed by atoms with van der Waals surface area (Å²) in [6, 6.07) is 4.41. The molecule has 0 amide bonds. The van der Waals surface area contributed by atoms with Crippen molar-refractivity contribution in [3.8, 4) is 11.1 Å². The smallest absolute Gasteiger partial charge is 0.141 e. The largest absolute Gasteiger partial charge is 0.385 e. The van der Waals surface area contributed by atoms with Crippen molar-refractivity contribution in [3.05, 3.63) is 35.0 Å². The molecule has 0 saturated heterocycles. The number of rotatable bonds is 5. The van der Waals surface area contributed by atoms with E-state index in [2.05, 4.69) is 22.3 Å². The van der Waals surface area contributed by atoms with Crippen molar-refractivity contribution in [2.75, 3.05) is 0 Å². The number of aryl methyl sites for hydroxylation is 2. The minimum Gasteiger partial charge on any atom is -0.385 e. The first-order valence-corrected chi connectivity index (χ1v) is 12.3. The van der Waals surface area contributed by atoms with Crippen LogP contribution in [0.5, 0.6) is 0 Å². The summed E-state index contributed by atoms with van der Waals surface area (Å²) in [4.78, 5) is 8.72. The highest BCUT2D eigenvalue weighted by atomic mass is 16.5. The third-order valence-electron chi connectivity index (χ3n) is 8.28. The van der Waals surface area contributed by atoms with Gasteiger partial charge in [-0.15, -0.1) is 0 Å². The van der Waals surface area contributed by atoms with E-state index in [4.69, 9.17) is 9.51 Å². The fourth-order valence-corrected chi connectivity index (χ4v) is 6.54. The topological polar surface area (TPSA) is 74.9 Å². The van der Waals surface area contributed by atoms with Gasteiger partial charge in [0.1, 0.15) is 11.6 Å². The maximum Gasteiger partial charge on any atom is 0.141 e. The van der Waals surface area contributed by atoms with Crippen molar-refractivity contribution in [3.63, 3.8) is 0 Å². The van der Waals surface area contributed by atoms with Crippen LogP contribution >= 0.6 is 0 Å². The van der Waals surface area contributed by atoms with Crippen molar-refractivity contribution in [1.82, 2.24) is 15.1 Å². The average molecular weight is 420 g/mol. The lowest BCUT2D eigenvalue weighted by Gasteiger charge is -2.40. The summed E-state index contributed by atoms with van der Waals surface area (Å²) in [5, 5.41) is 16.8. The molecule has 3 fully saturated rings. The number of aliphatic hydroxyl groups is 1. The van der Waals surface area contributed by atoms with Gasteiger partial charge in [-0.25, -0.2) is 4.98 Å². The molecule has 1 aromatic carbocycles. The number of benzene rings is 1. The zero-order valence-corrected chi connectivity index (χ0v) is 18.7. The second-order valence-electron chi connectivity index (χ2n) is 10.3. The summed E-state index contributed by atoms with van der Waals surface area (Å²) in [7, 11) is 0. The summed E-state index contributed by atoms with van der Waals surface area (Å²) >= 11 is 0. The molecule has 0 unspecified atom stereocenters. The predicted octanol–water partition coefficient (Wildman–Crippen LogP) is 6.28. The van der Waals surface area contributed by atoms with Crippen molar-refractivity contribution < 1.29 is 9.63 Å². The Morgan fingerprint density at radius 2 is 1.61 bits per heavy atom. The number of hydrogen-bond acceptors (Lipinski definition) is 4.